The number of benzene rings is 1. The first-order valence-corrected chi connectivity index (χ1v) is 7.11. The standard InChI is InChI=1S/C11H11ClFNO3S/c1-7-4-8(2-3-10(7)12)14-6-9(5-11(14)15)18(13,16)17/h2-4,9H,5-6H2,1H3. The number of carbonyl (C=O) groups excluding carboxylic acids is 1. The highest BCUT2D eigenvalue weighted by Gasteiger charge is 2.39. The fraction of sp³-hybridized carbons (Fsp3) is 0.364. The number of hydrogen-bond donors (Lipinski definition) is 0. The molecule has 0 radical (unpaired) electrons. The Kier molecular flexibility index (Phi) is 3.33. The molecular formula is C11H11ClFNO3S. The van der Waals surface area contributed by atoms with Gasteiger partial charge < -0.3 is 4.90 Å². The number of rotatable bonds is 2. The van der Waals surface area contributed by atoms with Crippen molar-refractivity contribution in [1.29, 1.82) is 0 Å². The molecule has 18 heavy (non-hydrogen) atoms. The number of carbonyl (C=O) groups is 1. The van der Waals surface area contributed by atoms with E-state index in [0.717, 1.165) is 5.56 Å². The van der Waals surface area contributed by atoms with Crippen LogP contribution < -0.4 is 4.90 Å². The fourth-order valence-electron chi connectivity index (χ4n) is 1.91. The van der Waals surface area contributed by atoms with Crippen molar-refractivity contribution in [3.8, 4) is 0 Å². The molecule has 0 aromatic heterocycles. The van der Waals surface area contributed by atoms with Crippen LogP contribution in [0.25, 0.3) is 0 Å². The van der Waals surface area contributed by atoms with E-state index in [0.29, 0.717) is 10.7 Å². The molecule has 0 aliphatic carbocycles. The third-order valence-electron chi connectivity index (χ3n) is 2.94. The van der Waals surface area contributed by atoms with Crippen LogP contribution in [0, 0.1) is 6.92 Å². The Morgan fingerprint density at radius 1 is 1.44 bits per heavy atom. The van der Waals surface area contributed by atoms with E-state index in [1.807, 2.05) is 0 Å². The van der Waals surface area contributed by atoms with Crippen molar-refractivity contribution in [2.75, 3.05) is 11.4 Å². The van der Waals surface area contributed by atoms with Crippen molar-refractivity contribution in [1.82, 2.24) is 0 Å². The molecule has 1 unspecified atom stereocenters. The van der Waals surface area contributed by atoms with Crippen LogP contribution in [0.4, 0.5) is 9.57 Å². The SMILES string of the molecule is Cc1cc(N2CC(S(=O)(=O)F)CC2=O)ccc1Cl. The molecule has 1 heterocycles. The second kappa shape index (κ2) is 4.51. The summed E-state index contributed by atoms with van der Waals surface area (Å²) in [7, 11) is -4.68. The molecule has 4 nitrogen and oxygen atoms in total. The van der Waals surface area contributed by atoms with Crippen LogP contribution >= 0.6 is 11.6 Å². The minimum Gasteiger partial charge on any atom is -0.311 e. The molecule has 0 bridgehead atoms. The summed E-state index contributed by atoms with van der Waals surface area (Å²) in [4.78, 5) is 13.0. The normalized spacial score (nSPS) is 20.5. The summed E-state index contributed by atoms with van der Waals surface area (Å²) in [5.41, 5.74) is 1.31. The predicted octanol–water partition coefficient (Wildman–Crippen LogP) is 2.05. The van der Waals surface area contributed by atoms with Crippen LogP contribution in [0.1, 0.15) is 12.0 Å². The lowest BCUT2D eigenvalue weighted by atomic mass is 10.2. The van der Waals surface area contributed by atoms with E-state index in [-0.39, 0.29) is 13.0 Å². The van der Waals surface area contributed by atoms with Crippen LogP contribution in [-0.4, -0.2) is 26.1 Å². The lowest BCUT2D eigenvalue weighted by molar-refractivity contribution is -0.117. The Labute approximate surface area is 110 Å². The number of halogens is 2. The zero-order valence-corrected chi connectivity index (χ0v) is 11.1. The minimum absolute atomic E-state index is 0.154. The van der Waals surface area contributed by atoms with E-state index < -0.39 is 21.4 Å². The maximum atomic E-state index is 12.9. The van der Waals surface area contributed by atoms with Gasteiger partial charge in [-0.05, 0) is 30.7 Å². The predicted molar refractivity (Wildman–Crippen MR) is 67.0 cm³/mol. The van der Waals surface area contributed by atoms with Crippen LogP contribution in [0.3, 0.4) is 0 Å². The highest BCUT2D eigenvalue weighted by atomic mass is 35.5. The minimum atomic E-state index is -4.68. The first kappa shape index (κ1) is 13.3. The van der Waals surface area contributed by atoms with Gasteiger partial charge in [-0.15, -0.1) is 3.89 Å². The highest BCUT2D eigenvalue weighted by Crippen LogP contribution is 2.28. The summed E-state index contributed by atoms with van der Waals surface area (Å²) in [5, 5.41) is -0.721. The summed E-state index contributed by atoms with van der Waals surface area (Å²) >= 11 is 5.87. The van der Waals surface area contributed by atoms with E-state index in [2.05, 4.69) is 0 Å². The van der Waals surface area contributed by atoms with Gasteiger partial charge in [-0.3, -0.25) is 4.79 Å². The van der Waals surface area contributed by atoms with Gasteiger partial charge in [0.1, 0.15) is 5.25 Å². The molecule has 1 saturated heterocycles. The van der Waals surface area contributed by atoms with Crippen molar-refractivity contribution >= 4 is 33.4 Å². The van der Waals surface area contributed by atoms with E-state index in [9.17, 15) is 17.1 Å². The number of aryl methyl sites for hydroxylation is 1. The van der Waals surface area contributed by atoms with Crippen LogP contribution in [0.15, 0.2) is 18.2 Å². The van der Waals surface area contributed by atoms with Crippen molar-refractivity contribution in [2.24, 2.45) is 0 Å². The quantitative estimate of drug-likeness (QED) is 0.784. The third-order valence-corrected chi connectivity index (χ3v) is 4.48. The summed E-state index contributed by atoms with van der Waals surface area (Å²) in [6, 6.07) is 4.91. The van der Waals surface area contributed by atoms with Gasteiger partial charge in [-0.25, -0.2) is 0 Å². The van der Waals surface area contributed by atoms with Gasteiger partial charge in [0.2, 0.25) is 5.91 Å². The molecule has 0 spiro atoms. The largest absolute Gasteiger partial charge is 0.311 e. The molecule has 1 aliphatic rings. The zero-order chi connectivity index (χ0) is 13.5. The smallest absolute Gasteiger partial charge is 0.307 e. The average molecular weight is 292 g/mol. The summed E-state index contributed by atoms with van der Waals surface area (Å²) in [6.07, 6.45) is -0.319. The molecule has 0 saturated carbocycles. The van der Waals surface area contributed by atoms with Gasteiger partial charge >= 0.3 is 10.2 Å². The average Bonchev–Trinajstić information content (AvgIpc) is 2.64. The first-order chi connectivity index (χ1) is 8.29. The van der Waals surface area contributed by atoms with Crippen molar-refractivity contribution < 1.29 is 17.1 Å². The highest BCUT2D eigenvalue weighted by molar-refractivity contribution is 7.87. The Bertz CT molecular complexity index is 602. The number of anilines is 1. The molecular weight excluding hydrogens is 281 g/mol. The van der Waals surface area contributed by atoms with Crippen LogP contribution in [0.2, 0.25) is 5.02 Å². The first-order valence-electron chi connectivity index (χ1n) is 5.29. The zero-order valence-electron chi connectivity index (χ0n) is 9.56. The van der Waals surface area contributed by atoms with Crippen molar-refractivity contribution in [2.45, 2.75) is 18.6 Å². The van der Waals surface area contributed by atoms with Gasteiger partial charge in [0.15, 0.2) is 0 Å². The lowest BCUT2D eigenvalue weighted by Crippen LogP contribution is -2.26. The molecule has 1 aromatic rings. The van der Waals surface area contributed by atoms with E-state index >= 15 is 0 Å². The Balaban J connectivity index is 2.30. The maximum absolute atomic E-state index is 12.9. The van der Waals surface area contributed by atoms with E-state index in [1.165, 1.54) is 4.90 Å². The molecule has 1 amide bonds. The molecule has 98 valence electrons. The van der Waals surface area contributed by atoms with Crippen LogP contribution in [0.5, 0.6) is 0 Å². The summed E-state index contributed by atoms with van der Waals surface area (Å²) in [6.45, 7) is 1.62. The second-order valence-corrected chi connectivity index (χ2v) is 6.26. The molecule has 2 rings (SSSR count). The van der Waals surface area contributed by atoms with Gasteiger partial charge in [0, 0.05) is 23.7 Å². The summed E-state index contributed by atoms with van der Waals surface area (Å²) in [5.74, 6) is -0.400. The Hall–Kier alpha value is -1.14. The number of amides is 1. The van der Waals surface area contributed by atoms with Gasteiger partial charge in [-0.1, -0.05) is 11.6 Å². The van der Waals surface area contributed by atoms with Gasteiger partial charge in [0.25, 0.3) is 0 Å². The topological polar surface area (TPSA) is 54.5 Å². The van der Waals surface area contributed by atoms with Gasteiger partial charge in [-0.2, -0.15) is 8.42 Å². The number of hydrogen-bond acceptors (Lipinski definition) is 3. The maximum Gasteiger partial charge on any atom is 0.307 e. The van der Waals surface area contributed by atoms with Crippen molar-refractivity contribution in [3.63, 3.8) is 0 Å². The number of nitrogens with zero attached hydrogens (tertiary/aromatic N) is 1. The Morgan fingerprint density at radius 3 is 2.61 bits per heavy atom. The van der Waals surface area contributed by atoms with Gasteiger partial charge in [0.05, 0.1) is 0 Å². The van der Waals surface area contributed by atoms with E-state index in [1.54, 1.807) is 25.1 Å². The van der Waals surface area contributed by atoms with Crippen LogP contribution in [-0.2, 0) is 15.0 Å². The molecule has 7 heteroatoms. The second-order valence-electron chi connectivity index (χ2n) is 4.24. The molecule has 0 N–H and O–H groups in total. The molecule has 1 atom stereocenters. The molecule has 1 aromatic carbocycles. The van der Waals surface area contributed by atoms with E-state index in [4.69, 9.17) is 11.6 Å². The summed E-state index contributed by atoms with van der Waals surface area (Å²) < 4.78 is 34.5. The lowest BCUT2D eigenvalue weighted by Gasteiger charge is -2.17. The fourth-order valence-corrected chi connectivity index (χ4v) is 2.70. The molecule has 1 aliphatic heterocycles. The monoisotopic (exact) mass is 291 g/mol. The van der Waals surface area contributed by atoms with Crippen molar-refractivity contribution in [3.05, 3.63) is 28.8 Å². The Morgan fingerprint density at radius 2 is 2.11 bits per heavy atom. The third kappa shape index (κ3) is 2.49. The molecule has 1 fully saturated rings.